The normalized spacial score (nSPS) is 19.5. The van der Waals surface area contributed by atoms with Crippen molar-refractivity contribution in [3.05, 3.63) is 53.1 Å². The molecule has 2 aliphatic rings. The van der Waals surface area contributed by atoms with Crippen LogP contribution in [0.3, 0.4) is 0 Å². The summed E-state index contributed by atoms with van der Waals surface area (Å²) in [5.41, 5.74) is 2.53. The van der Waals surface area contributed by atoms with Crippen molar-refractivity contribution in [2.45, 2.75) is 58.7 Å². The molecule has 152 valence electrons. The third kappa shape index (κ3) is 3.47. The van der Waals surface area contributed by atoms with Gasteiger partial charge in [-0.1, -0.05) is 12.1 Å². The number of carbonyl (C=O) groups excluding carboxylic acids is 1. The molecule has 1 aromatic carbocycles. The molecule has 0 N–H and O–H groups in total. The van der Waals surface area contributed by atoms with Crippen LogP contribution in [0.5, 0.6) is 0 Å². The van der Waals surface area contributed by atoms with Crippen molar-refractivity contribution in [3.63, 3.8) is 0 Å². The number of halogens is 1. The Kier molecular flexibility index (Phi) is 4.78. The Morgan fingerprint density at radius 2 is 1.93 bits per heavy atom. The Morgan fingerprint density at radius 1 is 1.24 bits per heavy atom. The first-order valence-electron chi connectivity index (χ1n) is 9.98. The largest absolute Gasteiger partial charge is 0.494 e. The summed E-state index contributed by atoms with van der Waals surface area (Å²) in [6, 6.07) is 7.03. The van der Waals surface area contributed by atoms with Crippen molar-refractivity contribution in [1.29, 1.82) is 0 Å². The van der Waals surface area contributed by atoms with Crippen LogP contribution in [0.2, 0.25) is 0 Å². The lowest BCUT2D eigenvalue weighted by Gasteiger charge is -2.32. The molecule has 7 heteroatoms. The van der Waals surface area contributed by atoms with Gasteiger partial charge in [0.2, 0.25) is 5.91 Å². The molecule has 1 fully saturated rings. The molecule has 0 aliphatic carbocycles. The monoisotopic (exact) mass is 396 g/mol. The number of carbonyl (C=O) groups is 1. The Hall–Kier alpha value is -2.25. The number of aromatic nitrogens is 1. The lowest BCUT2D eigenvalue weighted by molar-refractivity contribution is -0.117. The van der Waals surface area contributed by atoms with Gasteiger partial charge in [-0.25, -0.2) is 4.39 Å². The Balaban J connectivity index is 1.59. The van der Waals surface area contributed by atoms with Gasteiger partial charge in [0.15, 0.2) is 0 Å². The summed E-state index contributed by atoms with van der Waals surface area (Å²) in [6.07, 6.45) is 2.51. The fraction of sp³-hybridized carbons (Fsp3) is 0.455. The second-order valence-corrected chi connectivity index (χ2v) is 8.82. The van der Waals surface area contributed by atoms with Gasteiger partial charge in [-0.15, -0.1) is 0 Å². The molecular formula is C22H26BFN2O3. The minimum Gasteiger partial charge on any atom is -0.399 e. The van der Waals surface area contributed by atoms with E-state index in [1.54, 1.807) is 11.1 Å². The van der Waals surface area contributed by atoms with Crippen molar-refractivity contribution in [2.75, 3.05) is 11.4 Å². The Labute approximate surface area is 171 Å². The summed E-state index contributed by atoms with van der Waals surface area (Å²) in [7, 11) is -0.623. The van der Waals surface area contributed by atoms with E-state index in [4.69, 9.17) is 9.31 Å². The van der Waals surface area contributed by atoms with Crippen molar-refractivity contribution < 1.29 is 18.5 Å². The Bertz CT molecular complexity index is 961. The van der Waals surface area contributed by atoms with Gasteiger partial charge < -0.3 is 14.2 Å². The van der Waals surface area contributed by atoms with E-state index < -0.39 is 24.1 Å². The molecule has 0 spiro atoms. The van der Waals surface area contributed by atoms with Gasteiger partial charge in [0.05, 0.1) is 23.3 Å². The molecule has 1 aromatic heterocycles. The van der Waals surface area contributed by atoms with Crippen molar-refractivity contribution in [3.8, 4) is 0 Å². The van der Waals surface area contributed by atoms with Gasteiger partial charge in [-0.05, 0) is 69.8 Å². The van der Waals surface area contributed by atoms with E-state index in [-0.39, 0.29) is 12.3 Å². The first-order chi connectivity index (χ1) is 13.6. The highest BCUT2D eigenvalue weighted by molar-refractivity contribution is 6.62. The molecule has 0 unspecified atom stereocenters. The standard InChI is InChI=1S/C22H26BFN2O3/c1-14-15(7-6-9-25-14)12-19(27)26-10-8-16-11-17(13-18(24)20(16)26)23-28-21(2,3)22(4,5)29-23/h6-7,9,11,13H,8,10,12H2,1-5H3. The van der Waals surface area contributed by atoms with Crippen LogP contribution in [-0.2, 0) is 26.9 Å². The zero-order valence-electron chi connectivity index (χ0n) is 17.6. The SMILES string of the molecule is Cc1ncccc1CC(=O)N1CCc2cc(B3OC(C)(C)C(C)(C)O3)cc(F)c21. The number of anilines is 1. The molecule has 3 heterocycles. The van der Waals surface area contributed by atoms with Gasteiger partial charge in [-0.3, -0.25) is 9.78 Å². The second-order valence-electron chi connectivity index (χ2n) is 8.82. The molecule has 0 bridgehead atoms. The Morgan fingerprint density at radius 3 is 2.59 bits per heavy atom. The van der Waals surface area contributed by atoms with Crippen molar-refractivity contribution in [1.82, 2.24) is 4.98 Å². The number of pyridine rings is 1. The third-order valence-electron chi connectivity index (χ3n) is 6.32. The van der Waals surface area contributed by atoms with Gasteiger partial charge in [0, 0.05) is 18.4 Å². The van der Waals surface area contributed by atoms with Crippen molar-refractivity contribution in [2.24, 2.45) is 0 Å². The van der Waals surface area contributed by atoms with Gasteiger partial charge in [0.25, 0.3) is 0 Å². The summed E-state index contributed by atoms with van der Waals surface area (Å²) >= 11 is 0. The topological polar surface area (TPSA) is 51.7 Å². The van der Waals surface area contributed by atoms with Crippen LogP contribution in [0.15, 0.2) is 30.5 Å². The highest BCUT2D eigenvalue weighted by Gasteiger charge is 2.52. The number of aryl methyl sites for hydroxylation is 1. The lowest BCUT2D eigenvalue weighted by Crippen LogP contribution is -2.41. The number of benzene rings is 1. The maximum absolute atomic E-state index is 15.1. The van der Waals surface area contributed by atoms with Crippen LogP contribution in [0.1, 0.15) is 44.5 Å². The predicted molar refractivity (Wildman–Crippen MR) is 111 cm³/mol. The van der Waals surface area contributed by atoms with E-state index in [1.165, 1.54) is 6.07 Å². The van der Waals surface area contributed by atoms with Crippen LogP contribution < -0.4 is 10.4 Å². The second kappa shape index (κ2) is 6.92. The predicted octanol–water partition coefficient (Wildman–Crippen LogP) is 2.96. The molecule has 29 heavy (non-hydrogen) atoms. The van der Waals surface area contributed by atoms with E-state index in [2.05, 4.69) is 4.98 Å². The zero-order valence-corrected chi connectivity index (χ0v) is 17.6. The molecule has 0 saturated carbocycles. The average Bonchev–Trinajstić information content (AvgIpc) is 3.15. The average molecular weight is 396 g/mol. The molecule has 1 saturated heterocycles. The fourth-order valence-electron chi connectivity index (χ4n) is 3.84. The zero-order chi connectivity index (χ0) is 21.0. The number of hydrogen-bond acceptors (Lipinski definition) is 4. The summed E-state index contributed by atoms with van der Waals surface area (Å²) in [4.78, 5) is 18.6. The molecule has 0 radical (unpaired) electrons. The smallest absolute Gasteiger partial charge is 0.399 e. The van der Waals surface area contributed by atoms with E-state index in [0.29, 0.717) is 24.1 Å². The van der Waals surface area contributed by atoms with Gasteiger partial charge in [-0.2, -0.15) is 0 Å². The van der Waals surface area contributed by atoms with E-state index in [1.807, 2.05) is 52.8 Å². The minimum absolute atomic E-state index is 0.123. The van der Waals surface area contributed by atoms with Gasteiger partial charge in [0.1, 0.15) is 5.82 Å². The molecule has 4 rings (SSSR count). The highest BCUT2D eigenvalue weighted by Crippen LogP contribution is 2.37. The lowest BCUT2D eigenvalue weighted by atomic mass is 9.78. The van der Waals surface area contributed by atoms with Crippen molar-refractivity contribution >= 4 is 24.2 Å². The fourth-order valence-corrected chi connectivity index (χ4v) is 3.84. The molecule has 2 aliphatic heterocycles. The molecule has 2 aromatic rings. The van der Waals surface area contributed by atoms with Gasteiger partial charge >= 0.3 is 7.12 Å². The first kappa shape index (κ1) is 20.0. The summed E-state index contributed by atoms with van der Waals surface area (Å²) in [6.45, 7) is 10.2. The summed E-state index contributed by atoms with van der Waals surface area (Å²) < 4.78 is 27.2. The van der Waals surface area contributed by atoms with Crippen LogP contribution in [0, 0.1) is 12.7 Å². The number of hydrogen-bond donors (Lipinski definition) is 0. The maximum Gasteiger partial charge on any atom is 0.494 e. The van der Waals surface area contributed by atoms with Crippen LogP contribution >= 0.6 is 0 Å². The van der Waals surface area contributed by atoms with E-state index in [0.717, 1.165) is 16.8 Å². The van der Waals surface area contributed by atoms with E-state index >= 15 is 4.39 Å². The van der Waals surface area contributed by atoms with E-state index in [9.17, 15) is 4.79 Å². The molecule has 0 atom stereocenters. The molecule has 5 nitrogen and oxygen atoms in total. The quantitative estimate of drug-likeness (QED) is 0.749. The maximum atomic E-state index is 15.1. The number of fused-ring (bicyclic) bond motifs is 1. The summed E-state index contributed by atoms with van der Waals surface area (Å²) in [5, 5.41) is 0. The minimum atomic E-state index is -0.623. The molecular weight excluding hydrogens is 370 g/mol. The highest BCUT2D eigenvalue weighted by atomic mass is 19.1. The number of nitrogens with zero attached hydrogens (tertiary/aromatic N) is 2. The summed E-state index contributed by atoms with van der Waals surface area (Å²) in [5.74, 6) is -0.539. The number of amides is 1. The van der Waals surface area contributed by atoms with Crippen LogP contribution in [0.25, 0.3) is 0 Å². The first-order valence-corrected chi connectivity index (χ1v) is 9.98. The number of rotatable bonds is 3. The van der Waals surface area contributed by atoms with Crippen LogP contribution in [0.4, 0.5) is 10.1 Å². The van der Waals surface area contributed by atoms with Crippen LogP contribution in [-0.4, -0.2) is 35.8 Å². The molecule has 1 amide bonds. The third-order valence-corrected chi connectivity index (χ3v) is 6.32.